The zero-order chi connectivity index (χ0) is 38.4. The quantitative estimate of drug-likeness (QED) is 0.151. The minimum absolute atomic E-state index is 0.878. The first-order valence-corrected chi connectivity index (χ1v) is 19.8. The Labute approximate surface area is 337 Å². The minimum Gasteiger partial charge on any atom is -0.456 e. The minimum atomic E-state index is 0.878. The fourth-order valence-corrected chi connectivity index (χ4v) is 8.57. The van der Waals surface area contributed by atoms with Gasteiger partial charge in [0.25, 0.3) is 0 Å². The maximum Gasteiger partial charge on any atom is 0.135 e. The summed E-state index contributed by atoms with van der Waals surface area (Å²) in [6, 6.07) is 80.8. The number of furan rings is 1. The van der Waals surface area contributed by atoms with Crippen LogP contribution in [0.5, 0.6) is 0 Å². The first-order chi connectivity index (χ1) is 28.7. The van der Waals surface area contributed by atoms with E-state index in [0.717, 1.165) is 44.9 Å². The molecule has 0 aliphatic carbocycles. The van der Waals surface area contributed by atoms with Gasteiger partial charge in [-0.15, -0.1) is 0 Å². The van der Waals surface area contributed by atoms with Crippen LogP contribution in [0.15, 0.2) is 229 Å². The smallest absolute Gasteiger partial charge is 0.135 e. The third kappa shape index (κ3) is 6.00. The lowest BCUT2D eigenvalue weighted by molar-refractivity contribution is 0.631. The van der Waals surface area contributed by atoms with Crippen molar-refractivity contribution >= 4 is 60.3 Å². The Morgan fingerprint density at radius 3 is 1.67 bits per heavy atom. The summed E-state index contributed by atoms with van der Waals surface area (Å²) in [4.78, 5) is 2.42. The Morgan fingerprint density at radius 2 is 0.862 bits per heavy atom. The molecular weight excluding hydrogens is 703 g/mol. The van der Waals surface area contributed by atoms with Crippen molar-refractivity contribution in [3.8, 4) is 44.7 Å². The molecule has 0 saturated heterocycles. The number of hydrogen-bond donors (Lipinski definition) is 0. The Kier molecular flexibility index (Phi) is 8.19. The lowest BCUT2D eigenvalue weighted by Crippen LogP contribution is -2.10. The molecule has 0 amide bonds. The molecule has 11 aromatic rings. The normalized spacial score (nSPS) is 11.4. The number of rotatable bonds is 7. The summed E-state index contributed by atoms with van der Waals surface area (Å²) in [5.41, 5.74) is 12.5. The van der Waals surface area contributed by atoms with Crippen molar-refractivity contribution in [3.63, 3.8) is 0 Å². The van der Waals surface area contributed by atoms with Gasteiger partial charge in [0.2, 0.25) is 0 Å². The van der Waals surface area contributed by atoms with Crippen LogP contribution in [0.25, 0.3) is 88.0 Å². The summed E-state index contributed by atoms with van der Waals surface area (Å²) >= 11 is 0. The zero-order valence-electron chi connectivity index (χ0n) is 31.7. The molecule has 0 bridgehead atoms. The van der Waals surface area contributed by atoms with E-state index in [1.807, 2.05) is 18.2 Å². The van der Waals surface area contributed by atoms with E-state index in [4.69, 9.17) is 4.42 Å². The molecule has 0 fully saturated rings. The lowest BCUT2D eigenvalue weighted by atomic mass is 9.94. The monoisotopic (exact) mass is 739 g/mol. The molecule has 2 heteroatoms. The summed E-state index contributed by atoms with van der Waals surface area (Å²) in [5.74, 6) is 0.878. The van der Waals surface area contributed by atoms with Crippen molar-refractivity contribution in [2.75, 3.05) is 4.90 Å². The van der Waals surface area contributed by atoms with Crippen molar-refractivity contribution in [3.05, 3.63) is 224 Å². The maximum absolute atomic E-state index is 6.22. The van der Waals surface area contributed by atoms with E-state index >= 15 is 0 Å². The number of fused-ring (bicyclic) bond motifs is 5. The maximum atomic E-state index is 6.22. The van der Waals surface area contributed by atoms with Crippen LogP contribution in [0, 0.1) is 0 Å². The lowest BCUT2D eigenvalue weighted by Gasteiger charge is -2.28. The molecule has 0 N–H and O–H groups in total. The van der Waals surface area contributed by atoms with Crippen molar-refractivity contribution in [1.29, 1.82) is 0 Å². The molecular formula is C56H37NO. The van der Waals surface area contributed by atoms with Gasteiger partial charge in [0.05, 0.1) is 5.69 Å². The fourth-order valence-electron chi connectivity index (χ4n) is 8.57. The molecule has 58 heavy (non-hydrogen) atoms. The molecule has 0 unspecified atom stereocenters. The second-order valence-corrected chi connectivity index (χ2v) is 14.9. The van der Waals surface area contributed by atoms with Crippen molar-refractivity contribution in [1.82, 2.24) is 0 Å². The molecule has 2 nitrogen and oxygen atoms in total. The van der Waals surface area contributed by atoms with E-state index in [0.29, 0.717) is 0 Å². The van der Waals surface area contributed by atoms with Crippen molar-refractivity contribution < 1.29 is 4.42 Å². The first-order valence-electron chi connectivity index (χ1n) is 19.8. The first kappa shape index (κ1) is 33.6. The average Bonchev–Trinajstić information content (AvgIpc) is 3.74. The predicted octanol–water partition coefficient (Wildman–Crippen LogP) is 16.0. The van der Waals surface area contributed by atoms with E-state index in [2.05, 4.69) is 211 Å². The van der Waals surface area contributed by atoms with Crippen LogP contribution < -0.4 is 4.90 Å². The molecule has 0 radical (unpaired) electrons. The number of benzene rings is 10. The van der Waals surface area contributed by atoms with Gasteiger partial charge in [-0.05, 0) is 115 Å². The van der Waals surface area contributed by atoms with Gasteiger partial charge in [0.15, 0.2) is 0 Å². The topological polar surface area (TPSA) is 16.4 Å². The molecule has 1 aromatic heterocycles. The standard InChI is InChI=1S/C56H37NO/c1-2-13-38(14-3-1)49-19-7-8-20-50(49)39-27-30-47(31-28-39)57(54-36-44-15-4-6-21-51(44)52-22-9-10-23-53(52)54)48-32-29-42-33-41(25-26-43(42)35-48)40-17-12-18-45(34-40)56-37-46-16-5-11-24-55(46)58-56/h1-37H. The Hall–Kier alpha value is -7.68. The Balaban J connectivity index is 1.02. The molecule has 0 spiro atoms. The van der Waals surface area contributed by atoms with E-state index in [1.54, 1.807) is 0 Å². The second kappa shape index (κ2) is 14.1. The van der Waals surface area contributed by atoms with E-state index in [-0.39, 0.29) is 0 Å². The molecule has 0 aliphatic rings. The van der Waals surface area contributed by atoms with E-state index < -0.39 is 0 Å². The summed E-state index contributed by atoms with van der Waals surface area (Å²) in [6.07, 6.45) is 0. The molecule has 11 rings (SSSR count). The second-order valence-electron chi connectivity index (χ2n) is 14.9. The molecule has 272 valence electrons. The van der Waals surface area contributed by atoms with Crippen LogP contribution in [0.3, 0.4) is 0 Å². The van der Waals surface area contributed by atoms with Gasteiger partial charge in [-0.3, -0.25) is 0 Å². The summed E-state index contributed by atoms with van der Waals surface area (Å²) < 4.78 is 6.22. The average molecular weight is 740 g/mol. The Morgan fingerprint density at radius 1 is 0.293 bits per heavy atom. The van der Waals surface area contributed by atoms with Gasteiger partial charge in [0.1, 0.15) is 11.3 Å². The van der Waals surface area contributed by atoms with Crippen molar-refractivity contribution in [2.24, 2.45) is 0 Å². The van der Waals surface area contributed by atoms with E-state index in [9.17, 15) is 0 Å². The fraction of sp³-hybridized carbons (Fsp3) is 0. The van der Waals surface area contributed by atoms with Crippen LogP contribution in [-0.4, -0.2) is 0 Å². The SMILES string of the molecule is c1ccc(-c2ccccc2-c2ccc(N(c3ccc4cc(-c5cccc(-c6cc7ccccc7o6)c5)ccc4c3)c3cc4ccccc4c4ccccc34)cc2)cc1. The van der Waals surface area contributed by atoms with Gasteiger partial charge in [-0.1, -0.05) is 170 Å². The Bertz CT molecular complexity index is 3250. The number of anilines is 3. The predicted molar refractivity (Wildman–Crippen MR) is 245 cm³/mol. The summed E-state index contributed by atoms with van der Waals surface area (Å²) in [6.45, 7) is 0. The molecule has 0 aliphatic heterocycles. The zero-order valence-corrected chi connectivity index (χ0v) is 31.7. The summed E-state index contributed by atoms with van der Waals surface area (Å²) in [5, 5.41) is 8.39. The van der Waals surface area contributed by atoms with Gasteiger partial charge in [0, 0.05) is 27.7 Å². The molecule has 0 atom stereocenters. The number of hydrogen-bond acceptors (Lipinski definition) is 2. The largest absolute Gasteiger partial charge is 0.456 e. The van der Waals surface area contributed by atoms with Gasteiger partial charge in [-0.25, -0.2) is 0 Å². The van der Waals surface area contributed by atoms with Crippen LogP contribution in [0.2, 0.25) is 0 Å². The highest BCUT2D eigenvalue weighted by Crippen LogP contribution is 2.44. The molecule has 1 heterocycles. The third-order valence-corrected chi connectivity index (χ3v) is 11.4. The number of para-hydroxylation sites is 1. The van der Waals surface area contributed by atoms with Gasteiger partial charge in [-0.2, -0.15) is 0 Å². The number of nitrogens with zero attached hydrogens (tertiary/aromatic N) is 1. The molecule has 10 aromatic carbocycles. The third-order valence-electron chi connectivity index (χ3n) is 11.4. The van der Waals surface area contributed by atoms with Crippen LogP contribution >= 0.6 is 0 Å². The molecule has 0 saturated carbocycles. The van der Waals surface area contributed by atoms with Crippen molar-refractivity contribution in [2.45, 2.75) is 0 Å². The highest BCUT2D eigenvalue weighted by atomic mass is 16.3. The highest BCUT2D eigenvalue weighted by molar-refractivity contribution is 6.14. The van der Waals surface area contributed by atoms with Crippen LogP contribution in [0.4, 0.5) is 17.1 Å². The van der Waals surface area contributed by atoms with Gasteiger partial charge >= 0.3 is 0 Å². The van der Waals surface area contributed by atoms with E-state index in [1.165, 1.54) is 60.1 Å². The van der Waals surface area contributed by atoms with Crippen LogP contribution in [0.1, 0.15) is 0 Å². The van der Waals surface area contributed by atoms with Gasteiger partial charge < -0.3 is 9.32 Å². The van der Waals surface area contributed by atoms with Crippen LogP contribution in [-0.2, 0) is 0 Å². The summed E-state index contributed by atoms with van der Waals surface area (Å²) in [7, 11) is 0. The highest BCUT2D eigenvalue weighted by Gasteiger charge is 2.19.